The molecule has 10 aliphatic rings. The number of carboxylic acid groups (broad SMARTS) is 2. The van der Waals surface area contributed by atoms with Crippen LogP contribution in [0.5, 0.6) is 0 Å². The first kappa shape index (κ1) is 66.2. The van der Waals surface area contributed by atoms with Crippen LogP contribution >= 0.6 is 0 Å². The second-order valence-corrected chi connectivity index (χ2v) is 27.8. The van der Waals surface area contributed by atoms with Crippen LogP contribution in [0, 0.1) is 50.2 Å². The van der Waals surface area contributed by atoms with Crippen LogP contribution < -0.4 is 0 Å². The molecular formula is C57H88O29. The molecule has 0 amide bonds. The minimum atomic E-state index is -2.05. The Morgan fingerprint density at radius 2 is 1.08 bits per heavy atom. The lowest BCUT2D eigenvalue weighted by molar-refractivity contribution is -0.388. The fourth-order valence-electron chi connectivity index (χ4n) is 17.2. The van der Waals surface area contributed by atoms with Gasteiger partial charge in [0.1, 0.15) is 97.0 Å². The molecule has 0 radical (unpaired) electrons. The van der Waals surface area contributed by atoms with Gasteiger partial charge in [-0.3, -0.25) is 9.59 Å². The van der Waals surface area contributed by atoms with Crippen molar-refractivity contribution in [3.8, 4) is 0 Å². The number of carboxylic acids is 2. The molecule has 29 nitrogen and oxygen atoms in total. The molecule has 33 unspecified atom stereocenters. The molecule has 0 aromatic heterocycles. The van der Waals surface area contributed by atoms with E-state index in [1.54, 1.807) is 0 Å². The first-order valence-electron chi connectivity index (χ1n) is 29.8. The van der Waals surface area contributed by atoms with E-state index in [9.17, 15) is 91.3 Å². The summed E-state index contributed by atoms with van der Waals surface area (Å²) < 4.78 is 59.0. The Hall–Kier alpha value is -2.77. The molecule has 86 heavy (non-hydrogen) atoms. The molecule has 9 fully saturated rings. The number of aliphatic hydroxyl groups excluding tert-OH is 14. The first-order valence-corrected chi connectivity index (χ1v) is 29.8. The van der Waals surface area contributed by atoms with Crippen LogP contribution in [0.1, 0.15) is 99.8 Å². The van der Waals surface area contributed by atoms with Gasteiger partial charge < -0.3 is 129 Å². The minimum Gasteiger partial charge on any atom is -0.481 e. The van der Waals surface area contributed by atoms with Gasteiger partial charge in [0.2, 0.25) is 6.29 Å². The highest BCUT2D eigenvalue weighted by Gasteiger charge is 2.74. The number of rotatable bonds is 12. The van der Waals surface area contributed by atoms with Gasteiger partial charge >= 0.3 is 17.9 Å². The maximum absolute atomic E-state index is 15.6. The Morgan fingerprint density at radius 3 is 1.67 bits per heavy atom. The number of ether oxygens (including phenoxy) is 10. The highest BCUT2D eigenvalue weighted by Crippen LogP contribution is 2.76. The van der Waals surface area contributed by atoms with E-state index >= 15 is 4.79 Å². The zero-order valence-corrected chi connectivity index (χ0v) is 49.0. The monoisotopic (exact) mass is 1240 g/mol. The average molecular weight is 1240 g/mol. The Labute approximate surface area is 495 Å². The van der Waals surface area contributed by atoms with Crippen LogP contribution in [0.25, 0.3) is 0 Å². The van der Waals surface area contributed by atoms with E-state index < -0.39 is 236 Å². The summed E-state index contributed by atoms with van der Waals surface area (Å²) in [5.41, 5.74) is -5.68. The molecule has 0 bridgehead atoms. The van der Waals surface area contributed by atoms with E-state index in [1.807, 2.05) is 13.8 Å². The number of fused-ring (bicyclic) bond motifs is 7. The highest BCUT2D eigenvalue weighted by molar-refractivity contribution is 5.80. The summed E-state index contributed by atoms with van der Waals surface area (Å²) in [6.45, 7) is 11.4. The fourth-order valence-corrected chi connectivity index (χ4v) is 17.2. The summed E-state index contributed by atoms with van der Waals surface area (Å²) in [4.78, 5) is 41.3. The molecular weight excluding hydrogens is 1150 g/mol. The molecule has 0 aromatic carbocycles. The number of aliphatic hydroxyl groups is 14. The van der Waals surface area contributed by atoms with Crippen LogP contribution in [0.15, 0.2) is 11.6 Å². The number of aliphatic carboxylic acids is 2. The van der Waals surface area contributed by atoms with Crippen molar-refractivity contribution in [2.45, 2.75) is 253 Å². The third-order valence-electron chi connectivity index (χ3n) is 22.4. The summed E-state index contributed by atoms with van der Waals surface area (Å²) >= 11 is 0. The number of allylic oxidation sites excluding steroid dienone is 2. The largest absolute Gasteiger partial charge is 0.481 e. The van der Waals surface area contributed by atoms with Crippen LogP contribution in [0.3, 0.4) is 0 Å². The van der Waals surface area contributed by atoms with E-state index in [-0.39, 0.29) is 31.6 Å². The van der Waals surface area contributed by atoms with Crippen LogP contribution in [0.2, 0.25) is 0 Å². The molecule has 33 atom stereocenters. The standard InChI is InChI=1S/C57H88O29/c1-20-39(81-45-35(68)30(63)24(59)17-77-45)40(82-46-36(69)31(64)25(60)18-78-46)38(71)48(80-20)84-42-32(65)26(61)19-79-49(42)86-51(76)57-13-12-52(2,3)14-22(57)21-8-9-27-53(4)15-23(58)43(85-47-37(70)33(66)34(67)41(83-47)44(72)73)56(7,50(74)75)28(53)10-11-54(27,5)55(21,6)16-29(57)62/h8,20,22-43,45-49,58-71H,9-19H2,1-7H3,(H,72,73)(H,74,75). The summed E-state index contributed by atoms with van der Waals surface area (Å²) in [6, 6.07) is 0. The maximum atomic E-state index is 15.6. The van der Waals surface area contributed by atoms with Gasteiger partial charge in [0.15, 0.2) is 37.4 Å². The van der Waals surface area contributed by atoms with E-state index in [4.69, 9.17) is 47.4 Å². The van der Waals surface area contributed by atoms with Gasteiger partial charge in [0.05, 0.1) is 43.5 Å². The fraction of sp³-hybridized carbons (Fsp3) is 0.912. The number of carbonyl (C=O) groups is 3. The number of carbonyl (C=O) groups excluding carboxylic acids is 1. The maximum Gasteiger partial charge on any atom is 0.335 e. The van der Waals surface area contributed by atoms with Crippen LogP contribution in [-0.4, -0.2) is 273 Å². The van der Waals surface area contributed by atoms with Gasteiger partial charge in [0, 0.05) is 0 Å². The topological polar surface area (TPSA) is 467 Å². The zero-order chi connectivity index (χ0) is 63.0. The van der Waals surface area contributed by atoms with Crippen LogP contribution in [0.4, 0.5) is 0 Å². The number of hydrogen-bond acceptors (Lipinski definition) is 27. The van der Waals surface area contributed by atoms with Gasteiger partial charge in [-0.05, 0) is 105 Å². The van der Waals surface area contributed by atoms with Gasteiger partial charge in [-0.15, -0.1) is 0 Å². The Bertz CT molecular complexity index is 2520. The Kier molecular flexibility index (Phi) is 18.3. The smallest absolute Gasteiger partial charge is 0.335 e. The lowest BCUT2D eigenvalue weighted by atomic mass is 9.33. The number of esters is 1. The Balaban J connectivity index is 0.920. The van der Waals surface area contributed by atoms with Gasteiger partial charge in [-0.25, -0.2) is 4.79 Å². The van der Waals surface area contributed by atoms with Crippen LogP contribution in [-0.2, 0) is 61.8 Å². The van der Waals surface area contributed by atoms with E-state index in [1.165, 1.54) is 13.8 Å². The van der Waals surface area contributed by atoms with Crippen molar-refractivity contribution in [2.24, 2.45) is 50.2 Å². The molecule has 5 heterocycles. The molecule has 0 aromatic rings. The highest BCUT2D eigenvalue weighted by atomic mass is 16.8. The normalized spacial score (nSPS) is 54.6. The average Bonchev–Trinajstić information content (AvgIpc) is 0.673. The van der Waals surface area contributed by atoms with Crippen molar-refractivity contribution in [3.05, 3.63) is 11.6 Å². The third-order valence-corrected chi connectivity index (χ3v) is 22.4. The first-order chi connectivity index (χ1) is 40.1. The molecule has 0 spiro atoms. The summed E-state index contributed by atoms with van der Waals surface area (Å²) in [6.07, 6.45) is -40.0. The van der Waals surface area contributed by atoms with Crippen molar-refractivity contribution in [1.82, 2.24) is 0 Å². The lowest BCUT2D eigenvalue weighted by Gasteiger charge is -2.71. The Morgan fingerprint density at radius 1 is 0.535 bits per heavy atom. The van der Waals surface area contributed by atoms with Crippen molar-refractivity contribution < 1.29 is 143 Å². The quantitative estimate of drug-likeness (QED) is 0.0501. The molecule has 5 aliphatic carbocycles. The van der Waals surface area contributed by atoms with Crippen molar-refractivity contribution in [2.75, 3.05) is 19.8 Å². The van der Waals surface area contributed by atoms with E-state index in [2.05, 4.69) is 26.8 Å². The summed E-state index contributed by atoms with van der Waals surface area (Å²) in [5, 5.41) is 176. The van der Waals surface area contributed by atoms with Crippen molar-refractivity contribution >= 4 is 17.9 Å². The van der Waals surface area contributed by atoms with Crippen molar-refractivity contribution in [3.63, 3.8) is 0 Å². The molecule has 16 N–H and O–H groups in total. The summed E-state index contributed by atoms with van der Waals surface area (Å²) in [7, 11) is 0. The molecule has 5 aliphatic heterocycles. The SMILES string of the molecule is CC1OC(OC2C(OC(=O)C34CCC(C)(C)CC3C3=CCC5C6(C)CC(O)C(OC7OC(C(=O)O)C(O)C(O)C7O)C(C)(C(=O)O)C6CCC5(C)C3(C)CC4O)OCC(O)C2O)C(O)C(OC2OCC(O)C(O)C2O)C1OC1OCC(O)C(O)C1O. The molecule has 5 saturated heterocycles. The van der Waals surface area contributed by atoms with E-state index in [0.717, 1.165) is 5.57 Å². The lowest BCUT2D eigenvalue weighted by Crippen LogP contribution is -2.71. The second-order valence-electron chi connectivity index (χ2n) is 27.8. The molecule has 4 saturated carbocycles. The third kappa shape index (κ3) is 10.6. The minimum absolute atomic E-state index is 0.00813. The number of hydrogen-bond donors (Lipinski definition) is 16. The molecule has 29 heteroatoms. The summed E-state index contributed by atoms with van der Waals surface area (Å²) in [5.74, 6) is -5.73. The molecule has 10 rings (SSSR count). The zero-order valence-electron chi connectivity index (χ0n) is 49.0. The predicted octanol–water partition coefficient (Wildman–Crippen LogP) is -4.17. The van der Waals surface area contributed by atoms with Gasteiger partial charge in [0.25, 0.3) is 0 Å². The van der Waals surface area contributed by atoms with Gasteiger partial charge in [-0.1, -0.05) is 46.3 Å². The molecule has 490 valence electrons. The van der Waals surface area contributed by atoms with E-state index in [0.29, 0.717) is 25.7 Å². The van der Waals surface area contributed by atoms with Gasteiger partial charge in [-0.2, -0.15) is 0 Å². The van der Waals surface area contributed by atoms with Crippen molar-refractivity contribution in [1.29, 1.82) is 0 Å². The second kappa shape index (κ2) is 23.7. The predicted molar refractivity (Wildman–Crippen MR) is 281 cm³/mol.